The zero-order valence-corrected chi connectivity index (χ0v) is 10.5. The van der Waals surface area contributed by atoms with Crippen LogP contribution in [0.15, 0.2) is 18.2 Å². The van der Waals surface area contributed by atoms with Gasteiger partial charge in [0.1, 0.15) is 11.9 Å². The quantitative estimate of drug-likeness (QED) is 0.826. The largest absolute Gasteiger partial charge is 0.490 e. The van der Waals surface area contributed by atoms with Crippen molar-refractivity contribution in [2.45, 2.75) is 44.3 Å². The maximum atomic E-state index is 10.2. The zero-order chi connectivity index (χ0) is 11.8. The van der Waals surface area contributed by atoms with Gasteiger partial charge in [0, 0.05) is 17.0 Å². The average Bonchev–Trinajstić information content (AvgIpc) is 2.83. The van der Waals surface area contributed by atoms with Gasteiger partial charge in [0.05, 0.1) is 6.10 Å². The van der Waals surface area contributed by atoms with Crippen LogP contribution in [0.2, 0.25) is 5.02 Å². The molecule has 0 saturated heterocycles. The van der Waals surface area contributed by atoms with Crippen LogP contribution in [0.4, 0.5) is 0 Å². The van der Waals surface area contributed by atoms with Crippen molar-refractivity contribution < 1.29 is 9.84 Å². The third-order valence-corrected chi connectivity index (χ3v) is 4.23. The number of aliphatic hydroxyl groups excluding tert-OH is 1. The number of hydrogen-bond acceptors (Lipinski definition) is 2. The highest BCUT2D eigenvalue weighted by atomic mass is 35.5. The van der Waals surface area contributed by atoms with Gasteiger partial charge in [-0.3, -0.25) is 0 Å². The van der Waals surface area contributed by atoms with Crippen LogP contribution < -0.4 is 4.74 Å². The van der Waals surface area contributed by atoms with Crippen LogP contribution >= 0.6 is 11.6 Å². The molecule has 3 heteroatoms. The van der Waals surface area contributed by atoms with Crippen molar-refractivity contribution in [2.24, 2.45) is 5.92 Å². The second-order valence-corrected chi connectivity index (χ2v) is 5.57. The molecule has 0 bridgehead atoms. The Morgan fingerprint density at radius 1 is 1.24 bits per heavy atom. The number of fused-ring (bicyclic) bond motifs is 1. The van der Waals surface area contributed by atoms with Crippen LogP contribution in [0.5, 0.6) is 5.75 Å². The van der Waals surface area contributed by atoms with Crippen LogP contribution in [0.3, 0.4) is 0 Å². The molecule has 1 unspecified atom stereocenters. The van der Waals surface area contributed by atoms with Crippen molar-refractivity contribution >= 4 is 11.6 Å². The zero-order valence-electron chi connectivity index (χ0n) is 9.73. The fourth-order valence-electron chi connectivity index (χ4n) is 3.06. The van der Waals surface area contributed by atoms with Gasteiger partial charge in [-0.25, -0.2) is 0 Å². The van der Waals surface area contributed by atoms with Gasteiger partial charge in [-0.15, -0.1) is 0 Å². The normalized spacial score (nSPS) is 28.8. The van der Waals surface area contributed by atoms with E-state index >= 15 is 0 Å². The van der Waals surface area contributed by atoms with E-state index in [9.17, 15) is 5.11 Å². The first kappa shape index (κ1) is 11.4. The van der Waals surface area contributed by atoms with Gasteiger partial charge in [0.25, 0.3) is 0 Å². The third-order valence-electron chi connectivity index (χ3n) is 3.99. The lowest BCUT2D eigenvalue weighted by molar-refractivity contribution is 0.0356. The minimum Gasteiger partial charge on any atom is -0.490 e. The van der Waals surface area contributed by atoms with E-state index in [1.54, 1.807) is 0 Å². The van der Waals surface area contributed by atoms with Crippen LogP contribution in [0.25, 0.3) is 0 Å². The average molecular weight is 253 g/mol. The second-order valence-electron chi connectivity index (χ2n) is 5.13. The van der Waals surface area contributed by atoms with E-state index in [4.69, 9.17) is 16.3 Å². The van der Waals surface area contributed by atoms with Gasteiger partial charge in [0.2, 0.25) is 0 Å². The van der Waals surface area contributed by atoms with Crippen molar-refractivity contribution in [1.82, 2.24) is 0 Å². The van der Waals surface area contributed by atoms with Crippen LogP contribution in [0, 0.1) is 5.92 Å². The predicted molar refractivity (Wildman–Crippen MR) is 67.4 cm³/mol. The molecule has 1 N–H and O–H groups in total. The summed E-state index contributed by atoms with van der Waals surface area (Å²) in [5.74, 6) is 1.43. The first-order chi connectivity index (χ1) is 8.24. The summed E-state index contributed by atoms with van der Waals surface area (Å²) in [6.45, 7) is 0. The van der Waals surface area contributed by atoms with E-state index in [0.717, 1.165) is 11.3 Å². The molecule has 1 heterocycles. The fraction of sp³-hybridized carbons (Fsp3) is 0.571. The highest BCUT2D eigenvalue weighted by Crippen LogP contribution is 2.41. The van der Waals surface area contributed by atoms with Gasteiger partial charge in [0.15, 0.2) is 0 Å². The summed E-state index contributed by atoms with van der Waals surface area (Å²) in [5.41, 5.74) is 0.840. The summed E-state index contributed by atoms with van der Waals surface area (Å²) >= 11 is 5.94. The molecule has 0 aromatic heterocycles. The summed E-state index contributed by atoms with van der Waals surface area (Å²) < 4.78 is 6.02. The summed E-state index contributed by atoms with van der Waals surface area (Å²) in [4.78, 5) is 0. The SMILES string of the molecule is O[C@H]1CC(C2CCCC2)Oc2ccc(Cl)cc21. The van der Waals surface area contributed by atoms with Crippen molar-refractivity contribution in [3.8, 4) is 5.75 Å². The predicted octanol–water partition coefficient (Wildman–Crippen LogP) is 3.71. The lowest BCUT2D eigenvalue weighted by Gasteiger charge is -2.33. The summed E-state index contributed by atoms with van der Waals surface area (Å²) in [5, 5.41) is 10.8. The van der Waals surface area contributed by atoms with Crippen LogP contribution in [0.1, 0.15) is 43.8 Å². The molecule has 1 aliphatic carbocycles. The molecular weight excluding hydrogens is 236 g/mol. The Labute approximate surface area is 107 Å². The minimum absolute atomic E-state index is 0.182. The molecule has 0 amide bonds. The minimum atomic E-state index is -0.428. The summed E-state index contributed by atoms with van der Waals surface area (Å²) in [6.07, 6.45) is 5.53. The highest BCUT2D eigenvalue weighted by molar-refractivity contribution is 6.30. The van der Waals surface area contributed by atoms with Crippen molar-refractivity contribution in [1.29, 1.82) is 0 Å². The Bertz CT molecular complexity index is 413. The monoisotopic (exact) mass is 252 g/mol. The standard InChI is InChI=1S/C14H17ClO2/c15-10-5-6-13-11(7-10)12(16)8-14(17-13)9-3-1-2-4-9/h5-7,9,12,14,16H,1-4,8H2/t12-,14?/m0/s1. The Morgan fingerprint density at radius 3 is 2.76 bits per heavy atom. The fourth-order valence-corrected chi connectivity index (χ4v) is 3.24. The molecule has 1 saturated carbocycles. The topological polar surface area (TPSA) is 29.5 Å². The molecule has 0 radical (unpaired) electrons. The molecule has 92 valence electrons. The lowest BCUT2D eigenvalue weighted by atomic mass is 9.90. The first-order valence-corrected chi connectivity index (χ1v) is 6.76. The maximum absolute atomic E-state index is 10.2. The van der Waals surface area contributed by atoms with E-state index in [1.165, 1.54) is 25.7 Å². The summed E-state index contributed by atoms with van der Waals surface area (Å²) in [6, 6.07) is 5.51. The molecule has 2 aliphatic rings. The second kappa shape index (κ2) is 4.51. The number of halogens is 1. The molecular formula is C14H17ClO2. The van der Waals surface area contributed by atoms with E-state index in [-0.39, 0.29) is 6.10 Å². The first-order valence-electron chi connectivity index (χ1n) is 6.38. The summed E-state index contributed by atoms with van der Waals surface area (Å²) in [7, 11) is 0. The van der Waals surface area contributed by atoms with E-state index in [0.29, 0.717) is 17.4 Å². The molecule has 1 aliphatic heterocycles. The van der Waals surface area contributed by atoms with E-state index < -0.39 is 6.10 Å². The third kappa shape index (κ3) is 2.16. The van der Waals surface area contributed by atoms with E-state index in [1.807, 2.05) is 18.2 Å². The van der Waals surface area contributed by atoms with Crippen molar-refractivity contribution in [3.63, 3.8) is 0 Å². The van der Waals surface area contributed by atoms with Crippen molar-refractivity contribution in [3.05, 3.63) is 28.8 Å². The number of rotatable bonds is 1. The molecule has 0 spiro atoms. The molecule has 1 aromatic carbocycles. The number of ether oxygens (including phenoxy) is 1. The van der Waals surface area contributed by atoms with Crippen LogP contribution in [-0.2, 0) is 0 Å². The number of benzene rings is 1. The lowest BCUT2D eigenvalue weighted by Crippen LogP contribution is -2.31. The van der Waals surface area contributed by atoms with Gasteiger partial charge >= 0.3 is 0 Å². The molecule has 2 atom stereocenters. The highest BCUT2D eigenvalue weighted by Gasteiger charge is 2.33. The molecule has 1 aromatic rings. The van der Waals surface area contributed by atoms with Gasteiger partial charge in [-0.1, -0.05) is 24.4 Å². The maximum Gasteiger partial charge on any atom is 0.125 e. The number of aliphatic hydroxyl groups is 1. The molecule has 17 heavy (non-hydrogen) atoms. The molecule has 3 rings (SSSR count). The Morgan fingerprint density at radius 2 is 2.00 bits per heavy atom. The van der Waals surface area contributed by atoms with Gasteiger partial charge in [-0.2, -0.15) is 0 Å². The molecule has 1 fully saturated rings. The number of hydrogen-bond donors (Lipinski definition) is 1. The Kier molecular flexibility index (Phi) is 3.01. The molecule has 2 nitrogen and oxygen atoms in total. The van der Waals surface area contributed by atoms with Crippen molar-refractivity contribution in [2.75, 3.05) is 0 Å². The van der Waals surface area contributed by atoms with Crippen LogP contribution in [-0.4, -0.2) is 11.2 Å². The van der Waals surface area contributed by atoms with E-state index in [2.05, 4.69) is 0 Å². The van der Waals surface area contributed by atoms with Gasteiger partial charge < -0.3 is 9.84 Å². The Balaban J connectivity index is 1.84. The Hall–Kier alpha value is -0.730. The smallest absolute Gasteiger partial charge is 0.125 e. The van der Waals surface area contributed by atoms with Gasteiger partial charge in [-0.05, 0) is 37.0 Å².